The highest BCUT2D eigenvalue weighted by atomic mass is 16.4. The van der Waals surface area contributed by atoms with Crippen molar-refractivity contribution in [2.24, 2.45) is 5.92 Å². The molecule has 0 bridgehead atoms. The molecule has 0 radical (unpaired) electrons. The topological polar surface area (TPSA) is 78.4 Å². The van der Waals surface area contributed by atoms with Gasteiger partial charge in [-0.25, -0.2) is 0 Å². The molecule has 0 atom stereocenters. The van der Waals surface area contributed by atoms with Crippen molar-refractivity contribution >= 4 is 23.3 Å². The molecular weight excluding hydrogens is 268 g/mol. The van der Waals surface area contributed by atoms with Crippen LogP contribution in [0.4, 0.5) is 11.4 Å². The number of amides is 1. The monoisotopic (exact) mass is 290 g/mol. The van der Waals surface area contributed by atoms with Crippen molar-refractivity contribution in [2.75, 3.05) is 10.6 Å². The lowest BCUT2D eigenvalue weighted by atomic mass is 9.86. The summed E-state index contributed by atoms with van der Waals surface area (Å²) in [4.78, 5) is 22.2. The Hall–Kier alpha value is -2.04. The van der Waals surface area contributed by atoms with Crippen molar-refractivity contribution in [3.63, 3.8) is 0 Å². The van der Waals surface area contributed by atoms with E-state index in [0.717, 1.165) is 37.1 Å². The van der Waals surface area contributed by atoms with Gasteiger partial charge in [0.15, 0.2) is 0 Å². The lowest BCUT2D eigenvalue weighted by Gasteiger charge is -2.27. The maximum atomic E-state index is 11.3. The highest BCUT2D eigenvalue weighted by Gasteiger charge is 2.25. The fraction of sp³-hybridized carbons (Fsp3) is 0.500. The van der Waals surface area contributed by atoms with Crippen molar-refractivity contribution < 1.29 is 14.7 Å². The van der Waals surface area contributed by atoms with Gasteiger partial charge in [-0.1, -0.05) is 6.92 Å². The van der Waals surface area contributed by atoms with E-state index in [1.165, 1.54) is 0 Å². The number of rotatable bonds is 5. The third kappa shape index (κ3) is 4.48. The highest BCUT2D eigenvalue weighted by molar-refractivity contribution is 5.90. The van der Waals surface area contributed by atoms with Crippen LogP contribution in [0.1, 0.15) is 39.0 Å². The molecule has 1 aromatic carbocycles. The number of aliphatic carboxylic acids is 1. The van der Waals surface area contributed by atoms with E-state index in [-0.39, 0.29) is 11.8 Å². The van der Waals surface area contributed by atoms with Crippen LogP contribution in [0, 0.1) is 5.92 Å². The smallest absolute Gasteiger partial charge is 0.306 e. The van der Waals surface area contributed by atoms with E-state index in [9.17, 15) is 9.59 Å². The summed E-state index contributed by atoms with van der Waals surface area (Å²) >= 11 is 0. The maximum absolute atomic E-state index is 11.3. The molecule has 1 aliphatic carbocycles. The molecule has 1 saturated carbocycles. The van der Waals surface area contributed by atoms with Gasteiger partial charge in [0.25, 0.3) is 0 Å². The van der Waals surface area contributed by atoms with Crippen molar-refractivity contribution in [1.82, 2.24) is 0 Å². The third-order valence-corrected chi connectivity index (χ3v) is 3.94. The third-order valence-electron chi connectivity index (χ3n) is 3.94. The number of carbonyl (C=O) groups excluding carboxylic acids is 1. The van der Waals surface area contributed by atoms with E-state index >= 15 is 0 Å². The fourth-order valence-corrected chi connectivity index (χ4v) is 2.62. The van der Waals surface area contributed by atoms with Crippen LogP contribution in [0.3, 0.4) is 0 Å². The molecule has 0 unspecified atom stereocenters. The predicted molar refractivity (Wildman–Crippen MR) is 82.4 cm³/mol. The molecule has 0 aliphatic heterocycles. The zero-order chi connectivity index (χ0) is 15.2. The van der Waals surface area contributed by atoms with E-state index in [4.69, 9.17) is 5.11 Å². The fourth-order valence-electron chi connectivity index (χ4n) is 2.62. The number of benzene rings is 1. The minimum absolute atomic E-state index is 0.00250. The molecule has 1 aliphatic rings. The minimum Gasteiger partial charge on any atom is -0.481 e. The van der Waals surface area contributed by atoms with Gasteiger partial charge >= 0.3 is 5.97 Å². The average Bonchev–Trinajstić information content (AvgIpc) is 2.49. The molecule has 0 heterocycles. The molecule has 1 aromatic rings. The van der Waals surface area contributed by atoms with Crippen LogP contribution in [0.5, 0.6) is 0 Å². The van der Waals surface area contributed by atoms with Gasteiger partial charge in [-0.05, 0) is 49.9 Å². The summed E-state index contributed by atoms with van der Waals surface area (Å²) in [6, 6.07) is 7.96. The largest absolute Gasteiger partial charge is 0.481 e. The first kappa shape index (κ1) is 15.4. The van der Waals surface area contributed by atoms with E-state index < -0.39 is 5.97 Å². The van der Waals surface area contributed by atoms with E-state index in [1.54, 1.807) is 0 Å². The first-order valence-electron chi connectivity index (χ1n) is 7.47. The van der Waals surface area contributed by atoms with E-state index in [1.807, 2.05) is 31.2 Å². The summed E-state index contributed by atoms with van der Waals surface area (Å²) in [5, 5.41) is 15.2. The predicted octanol–water partition coefficient (Wildman–Crippen LogP) is 3.09. The second-order valence-corrected chi connectivity index (χ2v) is 5.51. The SMILES string of the molecule is CCC(=O)Nc1ccc(NC2CCC(C(=O)O)CC2)cc1. The van der Waals surface area contributed by atoms with Crippen molar-refractivity contribution in [3.8, 4) is 0 Å². The Morgan fingerprint density at radius 1 is 1.10 bits per heavy atom. The number of hydrogen-bond donors (Lipinski definition) is 3. The van der Waals surface area contributed by atoms with Gasteiger partial charge in [-0.3, -0.25) is 9.59 Å². The summed E-state index contributed by atoms with van der Waals surface area (Å²) in [6.07, 6.45) is 3.69. The first-order chi connectivity index (χ1) is 10.1. The Morgan fingerprint density at radius 2 is 1.67 bits per heavy atom. The maximum Gasteiger partial charge on any atom is 0.306 e. The highest BCUT2D eigenvalue weighted by Crippen LogP contribution is 2.27. The molecule has 0 spiro atoms. The van der Waals surface area contributed by atoms with E-state index in [2.05, 4.69) is 10.6 Å². The summed E-state index contributed by atoms with van der Waals surface area (Å²) in [5.41, 5.74) is 1.80. The number of anilines is 2. The van der Waals surface area contributed by atoms with E-state index in [0.29, 0.717) is 12.5 Å². The Balaban J connectivity index is 1.84. The standard InChI is InChI=1S/C16H22N2O3/c1-2-15(19)18-14-9-7-13(8-10-14)17-12-5-3-11(4-6-12)16(20)21/h7-12,17H,2-6H2,1H3,(H,18,19)(H,20,21). The molecule has 1 fully saturated rings. The van der Waals surface area contributed by atoms with Gasteiger partial charge in [0, 0.05) is 23.8 Å². The molecule has 5 heteroatoms. The second kappa shape index (κ2) is 7.11. The molecule has 21 heavy (non-hydrogen) atoms. The quantitative estimate of drug-likeness (QED) is 0.778. The second-order valence-electron chi connectivity index (χ2n) is 5.51. The first-order valence-corrected chi connectivity index (χ1v) is 7.47. The summed E-state index contributed by atoms with van der Waals surface area (Å²) in [5.74, 6) is -0.859. The summed E-state index contributed by atoms with van der Waals surface area (Å²) in [7, 11) is 0. The molecule has 1 amide bonds. The van der Waals surface area contributed by atoms with Crippen LogP contribution in [-0.2, 0) is 9.59 Å². The number of carboxylic acid groups (broad SMARTS) is 1. The van der Waals surface area contributed by atoms with Gasteiger partial charge < -0.3 is 15.7 Å². The normalized spacial score (nSPS) is 21.6. The van der Waals surface area contributed by atoms with Gasteiger partial charge in [0.1, 0.15) is 0 Å². The van der Waals surface area contributed by atoms with Gasteiger partial charge in [-0.15, -0.1) is 0 Å². The van der Waals surface area contributed by atoms with Crippen LogP contribution in [0.2, 0.25) is 0 Å². The Kier molecular flexibility index (Phi) is 5.20. The van der Waals surface area contributed by atoms with Gasteiger partial charge in [-0.2, -0.15) is 0 Å². The van der Waals surface area contributed by atoms with Crippen LogP contribution in [0.15, 0.2) is 24.3 Å². The number of hydrogen-bond acceptors (Lipinski definition) is 3. The Morgan fingerprint density at radius 3 is 2.19 bits per heavy atom. The van der Waals surface area contributed by atoms with Crippen molar-refractivity contribution in [1.29, 1.82) is 0 Å². The Bertz CT molecular complexity index is 491. The van der Waals surface area contributed by atoms with Crippen LogP contribution >= 0.6 is 0 Å². The van der Waals surface area contributed by atoms with Crippen LogP contribution in [-0.4, -0.2) is 23.0 Å². The van der Waals surface area contributed by atoms with Gasteiger partial charge in [0.05, 0.1) is 5.92 Å². The molecule has 2 rings (SSSR count). The molecule has 3 N–H and O–H groups in total. The molecule has 5 nitrogen and oxygen atoms in total. The number of nitrogens with one attached hydrogen (secondary N) is 2. The molecule has 114 valence electrons. The van der Waals surface area contributed by atoms with Crippen molar-refractivity contribution in [2.45, 2.75) is 45.1 Å². The zero-order valence-electron chi connectivity index (χ0n) is 12.3. The molecule has 0 aromatic heterocycles. The van der Waals surface area contributed by atoms with Crippen LogP contribution < -0.4 is 10.6 Å². The number of carbonyl (C=O) groups is 2. The van der Waals surface area contributed by atoms with Gasteiger partial charge in [0.2, 0.25) is 5.91 Å². The minimum atomic E-state index is -0.676. The lowest BCUT2D eigenvalue weighted by Crippen LogP contribution is -2.29. The molecular formula is C16H22N2O3. The lowest BCUT2D eigenvalue weighted by molar-refractivity contribution is -0.142. The average molecular weight is 290 g/mol. The number of carboxylic acids is 1. The zero-order valence-corrected chi connectivity index (χ0v) is 12.3. The van der Waals surface area contributed by atoms with Crippen molar-refractivity contribution in [3.05, 3.63) is 24.3 Å². The Labute approximate surface area is 124 Å². The molecule has 0 saturated heterocycles. The summed E-state index contributed by atoms with van der Waals surface area (Å²) in [6.45, 7) is 1.82. The van der Waals surface area contributed by atoms with Crippen LogP contribution in [0.25, 0.3) is 0 Å². The summed E-state index contributed by atoms with van der Waals surface area (Å²) < 4.78 is 0.